The topological polar surface area (TPSA) is 76.0 Å². The first-order chi connectivity index (χ1) is 10.7. The zero-order valence-corrected chi connectivity index (χ0v) is 12.6. The molecule has 1 aliphatic carbocycles. The maximum absolute atomic E-state index is 12.3. The van der Waals surface area contributed by atoms with Crippen molar-refractivity contribution in [2.24, 2.45) is 5.92 Å². The molecular formula is C17H18N2O3. The smallest absolute Gasteiger partial charge is 0.337 e. The van der Waals surface area contributed by atoms with Gasteiger partial charge in [0.2, 0.25) is 5.71 Å². The Hall–Kier alpha value is -2.35. The lowest BCUT2D eigenvalue weighted by Gasteiger charge is -2.04. The molecule has 0 amide bonds. The van der Waals surface area contributed by atoms with E-state index in [1.165, 1.54) is 18.9 Å². The second-order valence-electron chi connectivity index (χ2n) is 5.68. The lowest BCUT2D eigenvalue weighted by molar-refractivity contribution is 0.544. The first-order valence-corrected chi connectivity index (χ1v) is 7.73. The molecule has 1 aliphatic rings. The molecule has 0 bridgehead atoms. The molecule has 0 atom stereocenters. The number of nitrogens with one attached hydrogen (secondary N) is 1. The fourth-order valence-corrected chi connectivity index (χ4v) is 2.56. The second-order valence-corrected chi connectivity index (χ2v) is 5.68. The van der Waals surface area contributed by atoms with E-state index in [0.29, 0.717) is 18.2 Å². The van der Waals surface area contributed by atoms with E-state index in [1.807, 2.05) is 6.92 Å². The SMILES string of the molecule is CCC#Cc1nc2oc(=O)cc(CCCC3CC3)c2c(=O)[nH]1. The number of aromatic amines is 1. The monoisotopic (exact) mass is 298 g/mol. The third kappa shape index (κ3) is 3.28. The zero-order valence-electron chi connectivity index (χ0n) is 12.6. The summed E-state index contributed by atoms with van der Waals surface area (Å²) < 4.78 is 5.09. The van der Waals surface area contributed by atoms with Gasteiger partial charge in [-0.25, -0.2) is 4.79 Å². The molecule has 0 aliphatic heterocycles. The van der Waals surface area contributed by atoms with Gasteiger partial charge in [0.25, 0.3) is 5.56 Å². The van der Waals surface area contributed by atoms with Gasteiger partial charge in [-0.15, -0.1) is 0 Å². The van der Waals surface area contributed by atoms with Gasteiger partial charge in [-0.1, -0.05) is 32.1 Å². The predicted molar refractivity (Wildman–Crippen MR) is 83.7 cm³/mol. The van der Waals surface area contributed by atoms with Crippen LogP contribution >= 0.6 is 0 Å². The van der Waals surface area contributed by atoms with Crippen molar-refractivity contribution in [3.8, 4) is 11.8 Å². The van der Waals surface area contributed by atoms with E-state index in [-0.39, 0.29) is 17.1 Å². The maximum atomic E-state index is 12.3. The van der Waals surface area contributed by atoms with Gasteiger partial charge in [-0.3, -0.25) is 9.78 Å². The van der Waals surface area contributed by atoms with Crippen molar-refractivity contribution < 1.29 is 4.42 Å². The van der Waals surface area contributed by atoms with Gasteiger partial charge in [-0.2, -0.15) is 4.98 Å². The van der Waals surface area contributed by atoms with Crippen LogP contribution in [0, 0.1) is 17.8 Å². The van der Waals surface area contributed by atoms with Crippen LogP contribution < -0.4 is 11.2 Å². The van der Waals surface area contributed by atoms with Crippen LogP contribution in [-0.2, 0) is 6.42 Å². The van der Waals surface area contributed by atoms with Gasteiger partial charge >= 0.3 is 5.63 Å². The summed E-state index contributed by atoms with van der Waals surface area (Å²) in [7, 11) is 0. The number of hydrogen-bond donors (Lipinski definition) is 1. The minimum absolute atomic E-state index is 0.0816. The molecule has 2 aromatic rings. The average molecular weight is 298 g/mol. The number of H-pyrrole nitrogens is 1. The van der Waals surface area contributed by atoms with Gasteiger partial charge in [0.05, 0.1) is 0 Å². The summed E-state index contributed by atoms with van der Waals surface area (Å²) in [6.07, 6.45) is 6.09. The molecule has 0 unspecified atom stereocenters. The molecule has 1 fully saturated rings. The Labute approximate surface area is 127 Å². The summed E-state index contributed by atoms with van der Waals surface area (Å²) in [4.78, 5) is 30.8. The van der Waals surface area contributed by atoms with Gasteiger partial charge < -0.3 is 4.42 Å². The van der Waals surface area contributed by atoms with E-state index in [2.05, 4.69) is 21.8 Å². The summed E-state index contributed by atoms with van der Waals surface area (Å²) in [6.45, 7) is 1.91. The van der Waals surface area contributed by atoms with Crippen LogP contribution in [0.5, 0.6) is 0 Å². The van der Waals surface area contributed by atoms with Gasteiger partial charge in [-0.05, 0) is 30.2 Å². The minimum Gasteiger partial charge on any atom is -0.403 e. The second kappa shape index (κ2) is 6.18. The van der Waals surface area contributed by atoms with Crippen LogP contribution in [0.3, 0.4) is 0 Å². The minimum atomic E-state index is -0.471. The lowest BCUT2D eigenvalue weighted by Crippen LogP contribution is -2.15. The van der Waals surface area contributed by atoms with Gasteiger partial charge in [0, 0.05) is 12.5 Å². The highest BCUT2D eigenvalue weighted by molar-refractivity contribution is 5.75. The predicted octanol–water partition coefficient (Wildman–Crippen LogP) is 2.37. The molecule has 22 heavy (non-hydrogen) atoms. The summed E-state index contributed by atoms with van der Waals surface area (Å²) in [6, 6.07) is 1.41. The quantitative estimate of drug-likeness (QED) is 0.879. The first kappa shape index (κ1) is 14.6. The van der Waals surface area contributed by atoms with E-state index in [0.717, 1.165) is 24.3 Å². The molecular weight excluding hydrogens is 280 g/mol. The number of fused-ring (bicyclic) bond motifs is 1. The number of aryl methyl sites for hydroxylation is 1. The molecule has 0 aromatic carbocycles. The van der Waals surface area contributed by atoms with Crippen LogP contribution in [-0.4, -0.2) is 9.97 Å². The van der Waals surface area contributed by atoms with E-state index in [1.54, 1.807) is 0 Å². The highest BCUT2D eigenvalue weighted by Crippen LogP contribution is 2.34. The van der Waals surface area contributed by atoms with E-state index in [9.17, 15) is 9.59 Å². The molecule has 114 valence electrons. The van der Waals surface area contributed by atoms with E-state index >= 15 is 0 Å². The summed E-state index contributed by atoms with van der Waals surface area (Å²) in [5, 5.41) is 0.373. The normalized spacial score (nSPS) is 13.9. The third-order valence-corrected chi connectivity index (χ3v) is 3.84. The largest absolute Gasteiger partial charge is 0.403 e. The van der Waals surface area contributed by atoms with Crippen LogP contribution in [0.2, 0.25) is 0 Å². The van der Waals surface area contributed by atoms with Gasteiger partial charge in [0.1, 0.15) is 5.39 Å². The van der Waals surface area contributed by atoms with Crippen LogP contribution in [0.25, 0.3) is 11.1 Å². The molecule has 2 aromatic heterocycles. The van der Waals surface area contributed by atoms with Gasteiger partial charge in [0.15, 0.2) is 5.82 Å². The number of rotatable bonds is 4. The number of aromatic nitrogens is 2. The van der Waals surface area contributed by atoms with Crippen molar-refractivity contribution in [2.75, 3.05) is 0 Å². The molecule has 0 radical (unpaired) electrons. The standard InChI is InChI=1S/C17H18N2O3/c1-2-3-7-13-18-16(21)15-12(6-4-5-11-8-9-11)10-14(20)22-17(15)19-13/h10-11H,2,4-6,8-9H2,1H3,(H,18,19,21). The molecule has 1 N–H and O–H groups in total. The van der Waals surface area contributed by atoms with Crippen LogP contribution in [0.4, 0.5) is 0 Å². The molecule has 2 heterocycles. The molecule has 0 saturated heterocycles. The Bertz CT molecular complexity index is 863. The summed E-state index contributed by atoms with van der Waals surface area (Å²) in [5.74, 6) is 6.66. The van der Waals surface area contributed by atoms with Crippen molar-refractivity contribution in [1.29, 1.82) is 0 Å². The fraction of sp³-hybridized carbons (Fsp3) is 0.471. The Morgan fingerprint density at radius 1 is 1.41 bits per heavy atom. The number of hydrogen-bond acceptors (Lipinski definition) is 4. The Kier molecular flexibility index (Phi) is 4.10. The highest BCUT2D eigenvalue weighted by atomic mass is 16.4. The fourth-order valence-electron chi connectivity index (χ4n) is 2.56. The highest BCUT2D eigenvalue weighted by Gasteiger charge is 2.20. The Balaban J connectivity index is 2.00. The summed E-state index contributed by atoms with van der Waals surface area (Å²) >= 11 is 0. The van der Waals surface area contributed by atoms with Crippen molar-refractivity contribution in [3.63, 3.8) is 0 Å². The van der Waals surface area contributed by atoms with Crippen LogP contribution in [0.15, 0.2) is 20.1 Å². The Morgan fingerprint density at radius 3 is 2.95 bits per heavy atom. The van der Waals surface area contributed by atoms with Crippen molar-refractivity contribution >= 4 is 11.1 Å². The first-order valence-electron chi connectivity index (χ1n) is 7.73. The molecule has 1 saturated carbocycles. The zero-order chi connectivity index (χ0) is 15.5. The Morgan fingerprint density at radius 2 is 2.23 bits per heavy atom. The molecule has 0 spiro atoms. The number of nitrogens with zero attached hydrogens (tertiary/aromatic N) is 1. The van der Waals surface area contributed by atoms with E-state index in [4.69, 9.17) is 4.42 Å². The lowest BCUT2D eigenvalue weighted by atomic mass is 10.1. The molecule has 5 heteroatoms. The van der Waals surface area contributed by atoms with Crippen molar-refractivity contribution in [3.05, 3.63) is 38.2 Å². The average Bonchev–Trinajstić information content (AvgIpc) is 3.28. The van der Waals surface area contributed by atoms with E-state index < -0.39 is 5.63 Å². The summed E-state index contributed by atoms with van der Waals surface area (Å²) in [5.41, 5.74) is 0.0331. The molecule has 5 nitrogen and oxygen atoms in total. The molecule has 3 rings (SSSR count). The van der Waals surface area contributed by atoms with Crippen molar-refractivity contribution in [1.82, 2.24) is 9.97 Å². The van der Waals surface area contributed by atoms with Crippen molar-refractivity contribution in [2.45, 2.75) is 45.4 Å². The van der Waals surface area contributed by atoms with Crippen LogP contribution in [0.1, 0.15) is 50.4 Å². The maximum Gasteiger partial charge on any atom is 0.337 e. The third-order valence-electron chi connectivity index (χ3n) is 3.84.